The van der Waals surface area contributed by atoms with Gasteiger partial charge in [0.15, 0.2) is 11.4 Å². The second-order valence-electron chi connectivity index (χ2n) is 3.73. The molecule has 2 rings (SSSR count). The molecular weight excluding hydrogens is 168 g/mol. The van der Waals surface area contributed by atoms with Crippen molar-refractivity contribution in [1.29, 1.82) is 0 Å². The number of nitrogens with one attached hydrogen (secondary N) is 1. The fraction of sp³-hybridized carbons (Fsp3) is 0.444. The molecule has 0 aromatic rings. The van der Waals surface area contributed by atoms with E-state index in [0.717, 1.165) is 0 Å². The van der Waals surface area contributed by atoms with E-state index in [1.54, 1.807) is 26.1 Å². The lowest BCUT2D eigenvalue weighted by atomic mass is 9.99. The van der Waals surface area contributed by atoms with E-state index in [1.807, 2.05) is 0 Å². The average molecular weight is 180 g/mol. The summed E-state index contributed by atoms with van der Waals surface area (Å²) >= 11 is 0. The van der Waals surface area contributed by atoms with Gasteiger partial charge in [0.2, 0.25) is 5.78 Å². The molecule has 1 atom stereocenters. The molecule has 0 amide bonds. The molecule has 0 aromatic heterocycles. The van der Waals surface area contributed by atoms with E-state index >= 15 is 0 Å². The van der Waals surface area contributed by atoms with Crippen LogP contribution in [-0.2, 0) is 9.53 Å². The molecule has 2 aliphatic rings. The zero-order valence-corrected chi connectivity index (χ0v) is 7.63. The minimum Gasteiger partial charge on any atom is -0.479 e. The van der Waals surface area contributed by atoms with E-state index in [9.17, 15) is 4.79 Å². The fourth-order valence-corrected chi connectivity index (χ4v) is 1.54. The molecule has 0 spiro atoms. The predicted molar refractivity (Wildman–Crippen MR) is 47.4 cm³/mol. The number of hydrogen-bond donors (Lipinski definition) is 2. The molecule has 0 saturated carbocycles. The van der Waals surface area contributed by atoms with Gasteiger partial charge in [-0.2, -0.15) is 0 Å². The molecule has 13 heavy (non-hydrogen) atoms. The van der Waals surface area contributed by atoms with Crippen LogP contribution < -0.4 is 11.1 Å². The number of carbonyl (C=O) groups is 1. The smallest absolute Gasteiger partial charge is 0.205 e. The molecule has 1 fully saturated rings. The van der Waals surface area contributed by atoms with E-state index in [-0.39, 0.29) is 11.8 Å². The highest BCUT2D eigenvalue weighted by atomic mass is 16.5. The van der Waals surface area contributed by atoms with Crippen molar-refractivity contribution in [3.63, 3.8) is 0 Å². The Morgan fingerprint density at radius 2 is 2.31 bits per heavy atom. The number of Topliss-reactive ketones (excluding diaryl/α,β-unsaturated/α-hetero) is 1. The normalized spacial score (nSPS) is 29.7. The van der Waals surface area contributed by atoms with Crippen LogP contribution in [0.4, 0.5) is 0 Å². The number of ketones is 1. The maximum Gasteiger partial charge on any atom is 0.205 e. The number of nitrogens with two attached hydrogens (primary N) is 1. The highest BCUT2D eigenvalue weighted by molar-refractivity contribution is 5.96. The molecule has 0 radical (unpaired) electrons. The number of fused-ring (bicyclic) bond motifs is 1. The molecule has 4 nitrogen and oxygen atoms in total. The van der Waals surface area contributed by atoms with Gasteiger partial charge in [0, 0.05) is 0 Å². The summed E-state index contributed by atoms with van der Waals surface area (Å²) in [7, 11) is 0. The van der Waals surface area contributed by atoms with Gasteiger partial charge in [-0.1, -0.05) is 0 Å². The first kappa shape index (κ1) is 8.16. The van der Waals surface area contributed by atoms with E-state index in [0.29, 0.717) is 11.5 Å². The quantitative estimate of drug-likeness (QED) is 0.551. The van der Waals surface area contributed by atoms with Gasteiger partial charge >= 0.3 is 0 Å². The summed E-state index contributed by atoms with van der Waals surface area (Å²) < 4.78 is 5.47. The van der Waals surface area contributed by atoms with Crippen molar-refractivity contribution in [3.05, 3.63) is 23.7 Å². The predicted octanol–water partition coefficient (Wildman–Crippen LogP) is 0.0201. The molecule has 0 bridgehead atoms. The Labute approximate surface area is 76.4 Å². The Morgan fingerprint density at radius 3 is 2.92 bits per heavy atom. The topological polar surface area (TPSA) is 64.3 Å². The van der Waals surface area contributed by atoms with Crippen LogP contribution in [0, 0.1) is 0 Å². The molecule has 0 aromatic carbocycles. The maximum atomic E-state index is 11.7. The Kier molecular flexibility index (Phi) is 1.43. The van der Waals surface area contributed by atoms with Crippen molar-refractivity contribution < 1.29 is 9.53 Å². The molecular formula is C9H12N2O2. The molecule has 0 aliphatic carbocycles. The summed E-state index contributed by atoms with van der Waals surface area (Å²) in [5.74, 6) is 0.576. The fourth-order valence-electron chi connectivity index (χ4n) is 1.54. The minimum absolute atomic E-state index is 0.0230. The van der Waals surface area contributed by atoms with Crippen LogP contribution in [0.2, 0.25) is 0 Å². The lowest BCUT2D eigenvalue weighted by Crippen LogP contribution is -2.39. The minimum atomic E-state index is -0.760. The SMILES string of the molecule is CC1(C)OC2=C(N)C=CNC2C1=O. The van der Waals surface area contributed by atoms with E-state index in [4.69, 9.17) is 10.5 Å². The summed E-state index contributed by atoms with van der Waals surface area (Å²) in [6.07, 6.45) is 3.37. The summed E-state index contributed by atoms with van der Waals surface area (Å²) in [5, 5.41) is 2.92. The van der Waals surface area contributed by atoms with Crippen LogP contribution >= 0.6 is 0 Å². The van der Waals surface area contributed by atoms with Crippen molar-refractivity contribution >= 4 is 5.78 Å². The molecule has 1 saturated heterocycles. The highest BCUT2D eigenvalue weighted by Crippen LogP contribution is 2.31. The van der Waals surface area contributed by atoms with Gasteiger partial charge in [0.05, 0.1) is 5.70 Å². The van der Waals surface area contributed by atoms with Crippen molar-refractivity contribution in [2.45, 2.75) is 25.5 Å². The number of carbonyl (C=O) groups excluding carboxylic acids is 1. The highest BCUT2D eigenvalue weighted by Gasteiger charge is 2.47. The first-order valence-corrected chi connectivity index (χ1v) is 4.18. The Morgan fingerprint density at radius 1 is 1.62 bits per heavy atom. The number of ether oxygens (including phenoxy) is 1. The van der Waals surface area contributed by atoms with Gasteiger partial charge in [0.1, 0.15) is 6.04 Å². The average Bonchev–Trinajstić information content (AvgIpc) is 2.28. The van der Waals surface area contributed by atoms with Crippen molar-refractivity contribution in [3.8, 4) is 0 Å². The van der Waals surface area contributed by atoms with Crippen LogP contribution in [0.5, 0.6) is 0 Å². The van der Waals surface area contributed by atoms with Crippen LogP contribution in [0.25, 0.3) is 0 Å². The van der Waals surface area contributed by atoms with Gasteiger partial charge < -0.3 is 15.8 Å². The van der Waals surface area contributed by atoms with Gasteiger partial charge in [-0.25, -0.2) is 0 Å². The third-order valence-corrected chi connectivity index (χ3v) is 2.29. The summed E-state index contributed by atoms with van der Waals surface area (Å²) in [5.41, 5.74) is 5.45. The second-order valence-corrected chi connectivity index (χ2v) is 3.73. The summed E-state index contributed by atoms with van der Waals surface area (Å²) in [6.45, 7) is 3.49. The van der Waals surface area contributed by atoms with E-state index < -0.39 is 5.60 Å². The van der Waals surface area contributed by atoms with E-state index in [1.165, 1.54) is 0 Å². The van der Waals surface area contributed by atoms with Crippen LogP contribution in [0.3, 0.4) is 0 Å². The molecule has 3 N–H and O–H groups in total. The van der Waals surface area contributed by atoms with Gasteiger partial charge in [-0.3, -0.25) is 4.79 Å². The second kappa shape index (κ2) is 2.28. The van der Waals surface area contributed by atoms with E-state index in [2.05, 4.69) is 5.32 Å². The van der Waals surface area contributed by atoms with Crippen molar-refractivity contribution in [1.82, 2.24) is 5.32 Å². The van der Waals surface area contributed by atoms with Gasteiger partial charge in [0.25, 0.3) is 0 Å². The lowest BCUT2D eigenvalue weighted by Gasteiger charge is -2.15. The zero-order chi connectivity index (χ0) is 9.64. The van der Waals surface area contributed by atoms with Crippen LogP contribution in [0.1, 0.15) is 13.8 Å². The number of allylic oxidation sites excluding steroid dienone is 1. The summed E-state index contributed by atoms with van der Waals surface area (Å²) in [4.78, 5) is 11.7. The first-order chi connectivity index (χ1) is 6.02. The first-order valence-electron chi connectivity index (χ1n) is 4.18. The standard InChI is InChI=1S/C9H12N2O2/c1-9(2)8(12)6-7(13-9)5(10)3-4-11-6/h3-4,6,11H,10H2,1-2H3. The van der Waals surface area contributed by atoms with Crippen molar-refractivity contribution in [2.75, 3.05) is 0 Å². The molecule has 70 valence electrons. The van der Waals surface area contributed by atoms with Crippen LogP contribution in [0.15, 0.2) is 23.7 Å². The lowest BCUT2D eigenvalue weighted by molar-refractivity contribution is -0.128. The number of rotatable bonds is 0. The monoisotopic (exact) mass is 180 g/mol. The van der Waals surface area contributed by atoms with Gasteiger partial charge in [-0.05, 0) is 26.1 Å². The molecule has 1 unspecified atom stereocenters. The van der Waals surface area contributed by atoms with Crippen molar-refractivity contribution in [2.24, 2.45) is 5.73 Å². The zero-order valence-electron chi connectivity index (χ0n) is 7.63. The number of dihydropyridines is 1. The summed E-state index contributed by atoms with van der Waals surface area (Å²) in [6, 6.07) is -0.389. The Balaban J connectivity index is 2.44. The Hall–Kier alpha value is -1.45. The third-order valence-electron chi connectivity index (χ3n) is 2.29. The Bertz CT molecular complexity index is 329. The number of hydrogen-bond acceptors (Lipinski definition) is 4. The van der Waals surface area contributed by atoms with Crippen LogP contribution in [-0.4, -0.2) is 17.4 Å². The molecule has 2 aliphatic heterocycles. The third kappa shape index (κ3) is 1.02. The molecule has 4 heteroatoms. The van der Waals surface area contributed by atoms with Gasteiger partial charge in [-0.15, -0.1) is 0 Å². The maximum absolute atomic E-state index is 11.7. The largest absolute Gasteiger partial charge is 0.479 e. The molecule has 2 heterocycles.